The molecule has 0 aliphatic rings. The zero-order valence-corrected chi connectivity index (χ0v) is 15.8. The first-order valence-corrected chi connectivity index (χ1v) is 8.27. The van der Waals surface area contributed by atoms with Crippen LogP contribution in [-0.4, -0.2) is 41.2 Å². The number of ether oxygens (including phenoxy) is 1. The summed E-state index contributed by atoms with van der Waals surface area (Å²) >= 11 is 0. The highest BCUT2D eigenvalue weighted by Crippen LogP contribution is 2.20. The normalized spacial score (nSPS) is 11.8. The molecule has 5 N–H and O–H groups in total. The molecule has 8 heteroatoms. The van der Waals surface area contributed by atoms with Crippen molar-refractivity contribution in [2.45, 2.75) is 46.3 Å². The zero-order valence-electron chi connectivity index (χ0n) is 15.8. The number of carbonyl (C=O) groups excluding carboxylic acids is 2. The van der Waals surface area contributed by atoms with E-state index in [1.165, 1.54) is 18.3 Å². The summed E-state index contributed by atoms with van der Waals surface area (Å²) in [6.07, 6.45) is 2.29. The lowest BCUT2D eigenvalue weighted by Gasteiger charge is -2.22. The monoisotopic (exact) mass is 361 g/mol. The molecule has 1 rings (SSSR count). The molecule has 0 fully saturated rings. The lowest BCUT2D eigenvalue weighted by atomic mass is 10.2. The Morgan fingerprint density at radius 3 is 2.31 bits per heavy atom. The van der Waals surface area contributed by atoms with E-state index in [-0.39, 0.29) is 24.0 Å². The van der Waals surface area contributed by atoms with Crippen LogP contribution in [-0.2, 0) is 0 Å². The first-order chi connectivity index (χ1) is 12.1. The van der Waals surface area contributed by atoms with E-state index in [4.69, 9.17) is 15.9 Å². The molecule has 1 aromatic heterocycles. The molecule has 0 atom stereocenters. The highest BCUT2D eigenvalue weighted by Gasteiger charge is 2.19. The fourth-order valence-electron chi connectivity index (χ4n) is 1.92. The molecule has 1 aromatic rings. The van der Waals surface area contributed by atoms with Crippen LogP contribution < -0.4 is 21.1 Å². The summed E-state index contributed by atoms with van der Waals surface area (Å²) in [5.74, 6) is -0.521. The van der Waals surface area contributed by atoms with Crippen LogP contribution in [0.2, 0.25) is 0 Å². The molecule has 0 radical (unpaired) electrons. The van der Waals surface area contributed by atoms with Crippen molar-refractivity contribution >= 4 is 18.0 Å². The maximum absolute atomic E-state index is 12.4. The first-order valence-electron chi connectivity index (χ1n) is 8.27. The van der Waals surface area contributed by atoms with Gasteiger partial charge in [-0.3, -0.25) is 9.59 Å². The first kappa shape index (κ1) is 21.1. The molecule has 0 aliphatic carbocycles. The number of nitrogens with two attached hydrogens (primary N) is 1. The predicted molar refractivity (Wildman–Crippen MR) is 101 cm³/mol. The molecular weight excluding hydrogens is 334 g/mol. The third-order valence-corrected chi connectivity index (χ3v) is 2.96. The largest absolute Gasteiger partial charge is 0.488 e. The van der Waals surface area contributed by atoms with Gasteiger partial charge in [-0.05, 0) is 34.6 Å². The average Bonchev–Trinajstić information content (AvgIpc) is 2.53. The number of nitrogens with one attached hydrogen (secondary N) is 3. The van der Waals surface area contributed by atoms with Crippen molar-refractivity contribution in [1.29, 1.82) is 5.41 Å². The predicted octanol–water partition coefficient (Wildman–Crippen LogP) is 1.62. The number of hydrogen-bond acceptors (Lipinski definition) is 6. The van der Waals surface area contributed by atoms with Crippen LogP contribution in [0.4, 0.5) is 0 Å². The number of carbonyl (C=O) groups is 2. The Kier molecular flexibility index (Phi) is 7.30. The Hall–Kier alpha value is -2.90. The lowest BCUT2D eigenvalue weighted by molar-refractivity contribution is 0.0931. The van der Waals surface area contributed by atoms with Crippen molar-refractivity contribution in [2.75, 3.05) is 6.54 Å². The van der Waals surface area contributed by atoms with Crippen molar-refractivity contribution in [2.24, 2.45) is 5.73 Å². The Morgan fingerprint density at radius 2 is 1.85 bits per heavy atom. The van der Waals surface area contributed by atoms with Crippen molar-refractivity contribution < 1.29 is 14.3 Å². The van der Waals surface area contributed by atoms with Crippen LogP contribution in [0.25, 0.3) is 0 Å². The number of nitrogens with zero attached hydrogens (tertiary/aromatic N) is 1. The molecule has 0 aliphatic heterocycles. The number of aromatic nitrogens is 1. The van der Waals surface area contributed by atoms with Crippen LogP contribution in [0, 0.1) is 5.41 Å². The van der Waals surface area contributed by atoms with Crippen LogP contribution in [0.3, 0.4) is 0 Å². The van der Waals surface area contributed by atoms with Crippen molar-refractivity contribution in [3.63, 3.8) is 0 Å². The topological polar surface area (TPSA) is 130 Å². The van der Waals surface area contributed by atoms with Gasteiger partial charge < -0.3 is 26.5 Å². The molecular formula is C18H27N5O3. The second kappa shape index (κ2) is 8.98. The molecule has 0 unspecified atom stereocenters. The number of amides is 2. The van der Waals surface area contributed by atoms with Gasteiger partial charge in [0.25, 0.3) is 11.8 Å². The smallest absolute Gasteiger partial charge is 0.270 e. The van der Waals surface area contributed by atoms with E-state index < -0.39 is 17.4 Å². The summed E-state index contributed by atoms with van der Waals surface area (Å²) in [7, 11) is 0. The van der Waals surface area contributed by atoms with Gasteiger partial charge in [-0.1, -0.05) is 0 Å². The van der Waals surface area contributed by atoms with Gasteiger partial charge in [0.1, 0.15) is 22.7 Å². The molecule has 0 saturated carbocycles. The molecule has 2 amide bonds. The van der Waals surface area contributed by atoms with Gasteiger partial charge in [0.2, 0.25) is 0 Å². The molecule has 142 valence electrons. The lowest BCUT2D eigenvalue weighted by Crippen LogP contribution is -2.32. The quantitative estimate of drug-likeness (QED) is 0.548. The third kappa shape index (κ3) is 6.92. The second-order valence-electron chi connectivity index (χ2n) is 6.98. The van der Waals surface area contributed by atoms with Gasteiger partial charge in [-0.2, -0.15) is 0 Å². The van der Waals surface area contributed by atoms with E-state index in [2.05, 4.69) is 15.6 Å². The van der Waals surface area contributed by atoms with E-state index in [1.807, 2.05) is 34.6 Å². The maximum Gasteiger partial charge on any atom is 0.270 e. The van der Waals surface area contributed by atoms with Gasteiger partial charge in [-0.15, -0.1) is 0 Å². The minimum Gasteiger partial charge on any atom is -0.488 e. The van der Waals surface area contributed by atoms with Gasteiger partial charge in [0.15, 0.2) is 0 Å². The van der Waals surface area contributed by atoms with E-state index in [0.717, 1.165) is 6.21 Å². The van der Waals surface area contributed by atoms with Crippen molar-refractivity contribution in [3.8, 4) is 5.75 Å². The van der Waals surface area contributed by atoms with E-state index >= 15 is 0 Å². The van der Waals surface area contributed by atoms with Crippen LogP contribution in [0.5, 0.6) is 5.75 Å². The van der Waals surface area contributed by atoms with Crippen LogP contribution >= 0.6 is 0 Å². The number of hydrogen-bond donors (Lipinski definition) is 4. The summed E-state index contributed by atoms with van der Waals surface area (Å²) in [5, 5.41) is 12.5. The standard InChI is InChI=1S/C18H27N5O3/c1-11(2)22-17(25)15-7-13(26-18(3,4)5)6-14(23-15)16(24)21-10-12(8-19)9-20/h6-9,11,19H,10,20H2,1-5H3,(H,21,24)(H,22,25)/b12-9+,19-8?. The Balaban J connectivity index is 3.15. The molecule has 26 heavy (non-hydrogen) atoms. The maximum atomic E-state index is 12.4. The van der Waals surface area contributed by atoms with Crippen molar-refractivity contribution in [3.05, 3.63) is 35.3 Å². The van der Waals surface area contributed by atoms with Crippen LogP contribution in [0.1, 0.15) is 55.6 Å². The van der Waals surface area contributed by atoms with Crippen molar-refractivity contribution in [1.82, 2.24) is 15.6 Å². The Labute approximate surface area is 153 Å². The highest BCUT2D eigenvalue weighted by atomic mass is 16.5. The molecule has 0 bridgehead atoms. The molecule has 8 nitrogen and oxygen atoms in total. The van der Waals surface area contributed by atoms with E-state index in [9.17, 15) is 9.59 Å². The Morgan fingerprint density at radius 1 is 1.27 bits per heavy atom. The summed E-state index contributed by atoms with van der Waals surface area (Å²) in [6, 6.07) is 2.91. The number of pyridine rings is 1. The third-order valence-electron chi connectivity index (χ3n) is 2.96. The van der Waals surface area contributed by atoms with Gasteiger partial charge in [0, 0.05) is 42.7 Å². The fourth-order valence-corrected chi connectivity index (χ4v) is 1.92. The fraction of sp³-hybridized carbons (Fsp3) is 0.444. The van der Waals surface area contributed by atoms with Crippen LogP contribution in [0.15, 0.2) is 23.9 Å². The minimum atomic E-state index is -0.503. The van der Waals surface area contributed by atoms with E-state index in [1.54, 1.807) is 0 Å². The van der Waals surface area contributed by atoms with E-state index in [0.29, 0.717) is 11.3 Å². The highest BCUT2D eigenvalue weighted by molar-refractivity contribution is 5.97. The van der Waals surface area contributed by atoms with Gasteiger partial charge in [0.05, 0.1) is 0 Å². The number of rotatable bonds is 7. The van der Waals surface area contributed by atoms with Gasteiger partial charge in [-0.25, -0.2) is 4.98 Å². The molecule has 0 saturated heterocycles. The zero-order chi connectivity index (χ0) is 19.9. The molecule has 0 aromatic carbocycles. The molecule has 1 heterocycles. The summed E-state index contributed by atoms with van der Waals surface area (Å²) in [6.45, 7) is 9.34. The minimum absolute atomic E-state index is 0.0435. The average molecular weight is 361 g/mol. The summed E-state index contributed by atoms with van der Waals surface area (Å²) in [5.41, 5.74) is 5.43. The van der Waals surface area contributed by atoms with Gasteiger partial charge >= 0.3 is 0 Å². The summed E-state index contributed by atoms with van der Waals surface area (Å²) in [4.78, 5) is 28.8. The summed E-state index contributed by atoms with van der Waals surface area (Å²) < 4.78 is 5.79. The Bertz CT molecular complexity index is 705. The molecule has 0 spiro atoms. The second-order valence-corrected chi connectivity index (χ2v) is 6.98. The SMILES string of the molecule is CC(C)NC(=O)c1cc(OC(C)(C)C)cc(C(=O)NC/C(C=N)=C/N)n1.